The van der Waals surface area contributed by atoms with Gasteiger partial charge in [0.05, 0.1) is 12.8 Å². The van der Waals surface area contributed by atoms with Gasteiger partial charge >= 0.3 is 5.97 Å². The van der Waals surface area contributed by atoms with Gasteiger partial charge in [0.15, 0.2) is 0 Å². The summed E-state index contributed by atoms with van der Waals surface area (Å²) in [5, 5.41) is 20.2. The maximum Gasteiger partial charge on any atom is 0.343 e. The summed E-state index contributed by atoms with van der Waals surface area (Å²) in [6.45, 7) is 3.29. The maximum atomic E-state index is 11.4. The van der Waals surface area contributed by atoms with Gasteiger partial charge in [0, 0.05) is 0 Å². The highest BCUT2D eigenvalue weighted by Crippen LogP contribution is 2.01. The van der Waals surface area contributed by atoms with Crippen LogP contribution in [0.25, 0.3) is 0 Å². The van der Waals surface area contributed by atoms with Gasteiger partial charge in [0.2, 0.25) is 0 Å². The zero-order chi connectivity index (χ0) is 12.0. The summed E-state index contributed by atoms with van der Waals surface area (Å²) in [7, 11) is 0. The second-order valence-electron chi connectivity index (χ2n) is 2.81. The Morgan fingerprint density at radius 3 is 2.69 bits per heavy atom. The topological polar surface area (TPSA) is 89.6 Å². The first-order valence-electron chi connectivity index (χ1n) is 4.61. The highest BCUT2D eigenvalue weighted by atomic mass is 16.5. The Morgan fingerprint density at radius 1 is 1.56 bits per heavy atom. The Labute approximate surface area is 92.1 Å². The molecular weight excluding hydrogens is 212 g/mol. The number of nitrogens with zero attached hydrogens (tertiary/aromatic N) is 4. The van der Waals surface area contributed by atoms with Crippen LogP contribution in [-0.2, 0) is 9.53 Å². The molecule has 1 aromatic rings. The van der Waals surface area contributed by atoms with Crippen molar-refractivity contribution in [3.05, 3.63) is 24.0 Å². The first-order valence-corrected chi connectivity index (χ1v) is 4.61. The van der Waals surface area contributed by atoms with Gasteiger partial charge in [-0.05, 0) is 13.8 Å². The van der Waals surface area contributed by atoms with Crippen molar-refractivity contribution >= 4 is 12.2 Å². The van der Waals surface area contributed by atoms with E-state index in [0.717, 1.165) is 0 Å². The number of aliphatic hydroxyl groups is 1. The second kappa shape index (κ2) is 5.64. The minimum absolute atomic E-state index is 0.00412. The SMILES string of the molecule is CCOC(=O)C(C=Nn1cnnc1)=C(C)O. The van der Waals surface area contributed by atoms with Crippen molar-refractivity contribution in [2.24, 2.45) is 5.10 Å². The van der Waals surface area contributed by atoms with E-state index in [-0.39, 0.29) is 17.9 Å². The molecule has 0 radical (unpaired) electrons. The average Bonchev–Trinajstić information content (AvgIpc) is 2.70. The number of hydrogen-bond donors (Lipinski definition) is 1. The number of carbonyl (C=O) groups is 1. The summed E-state index contributed by atoms with van der Waals surface area (Å²) in [5.74, 6) is -0.783. The molecule has 7 heteroatoms. The van der Waals surface area contributed by atoms with Crippen molar-refractivity contribution in [3.8, 4) is 0 Å². The monoisotopic (exact) mass is 224 g/mol. The van der Waals surface area contributed by atoms with E-state index in [9.17, 15) is 9.90 Å². The summed E-state index contributed by atoms with van der Waals surface area (Å²) in [5.41, 5.74) is -0.00412. The van der Waals surface area contributed by atoms with E-state index in [1.54, 1.807) is 6.92 Å². The van der Waals surface area contributed by atoms with E-state index in [4.69, 9.17) is 4.74 Å². The van der Waals surface area contributed by atoms with Crippen LogP contribution in [0.15, 0.2) is 29.1 Å². The molecule has 0 saturated heterocycles. The minimum Gasteiger partial charge on any atom is -0.512 e. The summed E-state index contributed by atoms with van der Waals surface area (Å²) in [6.07, 6.45) is 3.90. The van der Waals surface area contributed by atoms with E-state index in [1.807, 2.05) is 0 Å². The molecule has 0 amide bonds. The van der Waals surface area contributed by atoms with Crippen LogP contribution < -0.4 is 0 Å². The third-order valence-corrected chi connectivity index (χ3v) is 1.61. The Balaban J connectivity index is 2.82. The normalized spacial score (nSPS) is 12.6. The third kappa shape index (κ3) is 3.19. The first kappa shape index (κ1) is 11.9. The van der Waals surface area contributed by atoms with Gasteiger partial charge in [-0.1, -0.05) is 0 Å². The Bertz CT molecular complexity index is 404. The average molecular weight is 224 g/mol. The van der Waals surface area contributed by atoms with Crippen molar-refractivity contribution < 1.29 is 14.6 Å². The molecular formula is C9H12N4O3. The molecule has 1 heterocycles. The van der Waals surface area contributed by atoms with E-state index in [0.29, 0.717) is 0 Å². The second-order valence-corrected chi connectivity index (χ2v) is 2.81. The lowest BCUT2D eigenvalue weighted by atomic mass is 10.2. The van der Waals surface area contributed by atoms with E-state index < -0.39 is 5.97 Å². The van der Waals surface area contributed by atoms with E-state index in [1.165, 1.54) is 30.5 Å². The van der Waals surface area contributed by atoms with Gasteiger partial charge in [-0.3, -0.25) is 0 Å². The van der Waals surface area contributed by atoms with Crippen molar-refractivity contribution in [1.29, 1.82) is 0 Å². The Morgan fingerprint density at radius 2 is 2.19 bits per heavy atom. The van der Waals surface area contributed by atoms with Gasteiger partial charge < -0.3 is 9.84 Å². The van der Waals surface area contributed by atoms with Crippen LogP contribution in [0.2, 0.25) is 0 Å². The molecule has 1 rings (SSSR count). The lowest BCUT2D eigenvalue weighted by Gasteiger charge is -2.02. The molecule has 0 bridgehead atoms. The van der Waals surface area contributed by atoms with Crippen molar-refractivity contribution in [3.63, 3.8) is 0 Å². The molecule has 1 N–H and O–H groups in total. The first-order chi connectivity index (χ1) is 7.65. The minimum atomic E-state index is -0.626. The predicted molar refractivity (Wildman–Crippen MR) is 55.9 cm³/mol. The molecule has 0 fully saturated rings. The van der Waals surface area contributed by atoms with Crippen LogP contribution in [0.4, 0.5) is 0 Å². The lowest BCUT2D eigenvalue weighted by Crippen LogP contribution is -2.11. The predicted octanol–water partition coefficient (Wildman–Crippen LogP) is 0.507. The summed E-state index contributed by atoms with van der Waals surface area (Å²) < 4.78 is 6.04. The van der Waals surface area contributed by atoms with Crippen LogP contribution in [0.3, 0.4) is 0 Å². The molecule has 86 valence electrons. The number of carbonyl (C=O) groups excluding carboxylic acids is 1. The summed E-state index contributed by atoms with van der Waals surface area (Å²) in [6, 6.07) is 0. The van der Waals surface area contributed by atoms with Gasteiger partial charge in [-0.2, -0.15) is 5.10 Å². The zero-order valence-corrected chi connectivity index (χ0v) is 8.99. The van der Waals surface area contributed by atoms with Crippen molar-refractivity contribution in [1.82, 2.24) is 14.9 Å². The fourth-order valence-corrected chi connectivity index (χ4v) is 0.882. The maximum absolute atomic E-state index is 11.4. The van der Waals surface area contributed by atoms with Gasteiger partial charge in [-0.25, -0.2) is 9.47 Å². The molecule has 7 nitrogen and oxygen atoms in total. The number of esters is 1. The third-order valence-electron chi connectivity index (χ3n) is 1.61. The molecule has 0 aliphatic rings. The number of rotatable bonds is 4. The fourth-order valence-electron chi connectivity index (χ4n) is 0.882. The molecule has 1 aromatic heterocycles. The molecule has 0 atom stereocenters. The highest BCUT2D eigenvalue weighted by molar-refractivity contribution is 6.09. The molecule has 0 unspecified atom stereocenters. The quantitative estimate of drug-likeness (QED) is 0.348. The van der Waals surface area contributed by atoms with Gasteiger partial charge in [0.25, 0.3) is 0 Å². The number of aliphatic hydroxyl groups excluding tert-OH is 1. The fraction of sp³-hybridized carbons (Fsp3) is 0.333. The van der Waals surface area contributed by atoms with Gasteiger partial charge in [0.1, 0.15) is 24.0 Å². The number of hydrogen-bond acceptors (Lipinski definition) is 6. The lowest BCUT2D eigenvalue weighted by molar-refractivity contribution is -0.138. The van der Waals surface area contributed by atoms with Gasteiger partial charge in [-0.15, -0.1) is 10.2 Å². The molecule has 0 spiro atoms. The molecule has 0 aromatic carbocycles. The van der Waals surface area contributed by atoms with E-state index >= 15 is 0 Å². The Hall–Kier alpha value is -2.18. The number of allylic oxidation sites excluding steroid dienone is 1. The van der Waals surface area contributed by atoms with Crippen molar-refractivity contribution in [2.75, 3.05) is 6.61 Å². The van der Waals surface area contributed by atoms with Crippen LogP contribution in [-0.4, -0.2) is 38.8 Å². The summed E-state index contributed by atoms with van der Waals surface area (Å²) in [4.78, 5) is 11.4. The van der Waals surface area contributed by atoms with E-state index in [2.05, 4.69) is 15.3 Å². The number of ether oxygens (including phenoxy) is 1. The largest absolute Gasteiger partial charge is 0.512 e. The smallest absolute Gasteiger partial charge is 0.343 e. The van der Waals surface area contributed by atoms with Crippen LogP contribution in [0.1, 0.15) is 13.8 Å². The van der Waals surface area contributed by atoms with Crippen LogP contribution in [0.5, 0.6) is 0 Å². The van der Waals surface area contributed by atoms with Crippen molar-refractivity contribution in [2.45, 2.75) is 13.8 Å². The summed E-state index contributed by atoms with van der Waals surface area (Å²) >= 11 is 0. The van der Waals surface area contributed by atoms with Crippen LogP contribution in [0, 0.1) is 0 Å². The molecule has 0 aliphatic heterocycles. The zero-order valence-electron chi connectivity index (χ0n) is 8.99. The molecule has 0 aliphatic carbocycles. The number of aromatic nitrogens is 3. The standard InChI is InChI=1S/C9H12N4O3/c1-3-16-9(15)8(7(2)14)4-12-13-5-10-11-6-13/h4-6,14H,3H2,1-2H3. The molecule has 16 heavy (non-hydrogen) atoms. The Kier molecular flexibility index (Phi) is 4.19. The molecule has 0 saturated carbocycles. The van der Waals surface area contributed by atoms with Crippen LogP contribution >= 0.6 is 0 Å². The highest BCUT2D eigenvalue weighted by Gasteiger charge is 2.11.